The highest BCUT2D eigenvalue weighted by molar-refractivity contribution is 6.35. The first-order valence-electron chi connectivity index (χ1n) is 6.21. The molecule has 0 saturated heterocycles. The Bertz CT molecular complexity index is 822. The minimum atomic E-state index is -0.768. The van der Waals surface area contributed by atoms with Gasteiger partial charge in [0.05, 0.1) is 44.4 Å². The van der Waals surface area contributed by atoms with Crippen LogP contribution in [0.25, 0.3) is 0 Å². The minimum Gasteiger partial charge on any atom is -0.288 e. The van der Waals surface area contributed by atoms with Crippen LogP contribution in [0.4, 0.5) is 0 Å². The minimum absolute atomic E-state index is 0.00775. The number of nitrogens with zero attached hydrogens (tertiary/aromatic N) is 2. The molecule has 2 aromatic rings. The molecule has 2 aromatic carbocycles. The maximum Gasteiger partial charge on any atom is 0.259 e. The van der Waals surface area contributed by atoms with Crippen molar-refractivity contribution >= 4 is 35.0 Å². The van der Waals surface area contributed by atoms with Gasteiger partial charge >= 0.3 is 0 Å². The molecular weight excluding hydrogens is 337 g/mol. The number of carbonyl (C=O) groups is 2. The molecule has 0 spiro atoms. The van der Waals surface area contributed by atoms with Crippen LogP contribution in [-0.4, -0.2) is 11.8 Å². The van der Waals surface area contributed by atoms with Crippen LogP contribution in [-0.2, 0) is 0 Å². The number of rotatable bonds is 2. The van der Waals surface area contributed by atoms with Gasteiger partial charge in [-0.15, -0.1) is 0 Å². The molecule has 1 N–H and O–H groups in total. The highest BCUT2D eigenvalue weighted by Crippen LogP contribution is 2.19. The first-order chi connectivity index (χ1) is 11.0. The molecule has 0 unspecified atom stereocenters. The number of amides is 2. The van der Waals surface area contributed by atoms with Gasteiger partial charge in [-0.3, -0.25) is 14.9 Å². The van der Waals surface area contributed by atoms with Crippen LogP contribution < -0.4 is 5.32 Å². The summed E-state index contributed by atoms with van der Waals surface area (Å²) in [5.74, 6) is -1.54. The zero-order chi connectivity index (χ0) is 17.0. The lowest BCUT2D eigenvalue weighted by molar-refractivity contribution is 0.0849. The Kier molecular flexibility index (Phi) is 4.98. The maximum atomic E-state index is 12.1. The van der Waals surface area contributed by atoms with E-state index < -0.39 is 11.8 Å². The molecule has 5 nitrogen and oxygen atoms in total. The summed E-state index contributed by atoms with van der Waals surface area (Å²) in [4.78, 5) is 24.3. The van der Waals surface area contributed by atoms with E-state index >= 15 is 0 Å². The van der Waals surface area contributed by atoms with E-state index in [0.717, 1.165) is 0 Å². The highest BCUT2D eigenvalue weighted by atomic mass is 35.5. The molecule has 112 valence electrons. The molecule has 0 aliphatic carbocycles. The summed E-state index contributed by atoms with van der Waals surface area (Å²) in [6, 6.07) is 12.0. The van der Waals surface area contributed by atoms with Crippen molar-refractivity contribution in [3.05, 3.63) is 68.7 Å². The number of hydrogen-bond donors (Lipinski definition) is 1. The normalized spacial score (nSPS) is 9.57. The van der Waals surface area contributed by atoms with E-state index in [1.807, 2.05) is 12.1 Å². The van der Waals surface area contributed by atoms with E-state index in [2.05, 4.69) is 5.32 Å². The molecule has 23 heavy (non-hydrogen) atoms. The van der Waals surface area contributed by atoms with Gasteiger partial charge in [-0.25, -0.2) is 0 Å². The van der Waals surface area contributed by atoms with Crippen LogP contribution in [0, 0.1) is 22.7 Å². The van der Waals surface area contributed by atoms with Crippen LogP contribution in [0.5, 0.6) is 0 Å². The largest absolute Gasteiger partial charge is 0.288 e. The Morgan fingerprint density at radius 3 is 1.57 bits per heavy atom. The van der Waals surface area contributed by atoms with Gasteiger partial charge in [-0.2, -0.15) is 10.5 Å². The van der Waals surface area contributed by atoms with Gasteiger partial charge in [-0.05, 0) is 36.4 Å². The first-order valence-corrected chi connectivity index (χ1v) is 6.97. The van der Waals surface area contributed by atoms with E-state index in [-0.39, 0.29) is 32.3 Å². The molecule has 2 rings (SSSR count). The summed E-state index contributed by atoms with van der Waals surface area (Å²) >= 11 is 11.8. The molecule has 0 atom stereocenters. The van der Waals surface area contributed by atoms with E-state index in [1.165, 1.54) is 36.4 Å². The third kappa shape index (κ3) is 3.67. The van der Waals surface area contributed by atoms with Gasteiger partial charge in [-0.1, -0.05) is 23.2 Å². The van der Waals surface area contributed by atoms with Crippen LogP contribution in [0.15, 0.2) is 36.4 Å². The summed E-state index contributed by atoms with van der Waals surface area (Å²) in [6.45, 7) is 0. The fraction of sp³-hybridized carbons (Fsp3) is 0. The quantitative estimate of drug-likeness (QED) is 0.846. The number of halogens is 2. The van der Waals surface area contributed by atoms with Crippen LogP contribution >= 0.6 is 23.2 Å². The molecule has 0 saturated carbocycles. The van der Waals surface area contributed by atoms with Crippen molar-refractivity contribution in [2.45, 2.75) is 0 Å². The highest BCUT2D eigenvalue weighted by Gasteiger charge is 2.18. The molecule has 0 heterocycles. The monoisotopic (exact) mass is 343 g/mol. The number of benzene rings is 2. The summed E-state index contributed by atoms with van der Waals surface area (Å²) in [7, 11) is 0. The standard InChI is InChI=1S/C16H7Cl2N3O2/c17-13-3-1-9(7-19)5-11(13)15(22)21-16(23)12-6-10(8-20)2-4-14(12)18/h1-6H,(H,21,22,23). The van der Waals surface area contributed by atoms with Crippen LogP contribution in [0.1, 0.15) is 31.8 Å². The second-order valence-electron chi connectivity index (χ2n) is 4.40. The molecular formula is C16H7Cl2N3O2. The van der Waals surface area contributed by atoms with Gasteiger partial charge in [0, 0.05) is 0 Å². The third-order valence-electron chi connectivity index (χ3n) is 2.91. The average molecular weight is 344 g/mol. The SMILES string of the molecule is N#Cc1ccc(Cl)c(C(=O)NC(=O)c2cc(C#N)ccc2Cl)c1. The Balaban J connectivity index is 2.29. The predicted octanol–water partition coefficient (Wildman–Crippen LogP) is 3.31. The lowest BCUT2D eigenvalue weighted by Crippen LogP contribution is -2.31. The molecule has 0 aromatic heterocycles. The van der Waals surface area contributed by atoms with Crippen molar-refractivity contribution in [1.29, 1.82) is 10.5 Å². The number of nitriles is 2. The fourth-order valence-corrected chi connectivity index (χ4v) is 2.18. The second kappa shape index (κ2) is 6.93. The zero-order valence-corrected chi connectivity index (χ0v) is 12.9. The van der Waals surface area contributed by atoms with Gasteiger partial charge in [0.25, 0.3) is 11.8 Å². The zero-order valence-electron chi connectivity index (χ0n) is 11.4. The van der Waals surface area contributed by atoms with Gasteiger partial charge in [0.2, 0.25) is 0 Å². The van der Waals surface area contributed by atoms with E-state index in [9.17, 15) is 9.59 Å². The predicted molar refractivity (Wildman–Crippen MR) is 84.1 cm³/mol. The van der Waals surface area contributed by atoms with Crippen molar-refractivity contribution < 1.29 is 9.59 Å². The Morgan fingerprint density at radius 1 is 0.826 bits per heavy atom. The smallest absolute Gasteiger partial charge is 0.259 e. The number of carbonyl (C=O) groups excluding carboxylic acids is 2. The molecule has 0 radical (unpaired) electrons. The van der Waals surface area contributed by atoms with Gasteiger partial charge in [0.1, 0.15) is 0 Å². The summed E-state index contributed by atoms with van der Waals surface area (Å²) < 4.78 is 0. The van der Waals surface area contributed by atoms with E-state index in [1.54, 1.807) is 0 Å². The Morgan fingerprint density at radius 2 is 1.22 bits per heavy atom. The molecule has 0 fully saturated rings. The molecule has 7 heteroatoms. The molecule has 0 aliphatic rings. The number of imide groups is 1. The Hall–Kier alpha value is -2.86. The average Bonchev–Trinajstić information content (AvgIpc) is 2.55. The van der Waals surface area contributed by atoms with E-state index in [0.29, 0.717) is 0 Å². The van der Waals surface area contributed by atoms with E-state index in [4.69, 9.17) is 33.7 Å². The lowest BCUT2D eigenvalue weighted by Gasteiger charge is -2.07. The number of nitrogens with one attached hydrogen (secondary N) is 1. The summed E-state index contributed by atoms with van der Waals surface area (Å²) in [5, 5.41) is 20.0. The molecule has 0 aliphatic heterocycles. The van der Waals surface area contributed by atoms with Crippen molar-refractivity contribution in [3.8, 4) is 12.1 Å². The third-order valence-corrected chi connectivity index (χ3v) is 3.57. The van der Waals surface area contributed by atoms with Crippen molar-refractivity contribution in [1.82, 2.24) is 5.32 Å². The van der Waals surface area contributed by atoms with Crippen molar-refractivity contribution in [3.63, 3.8) is 0 Å². The Labute approximate surface area is 141 Å². The fourth-order valence-electron chi connectivity index (χ4n) is 1.78. The topological polar surface area (TPSA) is 93.8 Å². The summed E-state index contributed by atoms with van der Waals surface area (Å²) in [6.07, 6.45) is 0. The first kappa shape index (κ1) is 16.5. The lowest BCUT2D eigenvalue weighted by atomic mass is 10.1. The van der Waals surface area contributed by atoms with Gasteiger partial charge < -0.3 is 0 Å². The van der Waals surface area contributed by atoms with Crippen LogP contribution in [0.3, 0.4) is 0 Å². The second-order valence-corrected chi connectivity index (χ2v) is 5.21. The number of hydrogen-bond acceptors (Lipinski definition) is 4. The van der Waals surface area contributed by atoms with Crippen molar-refractivity contribution in [2.75, 3.05) is 0 Å². The molecule has 0 bridgehead atoms. The van der Waals surface area contributed by atoms with Crippen molar-refractivity contribution in [2.24, 2.45) is 0 Å². The summed E-state index contributed by atoms with van der Waals surface area (Å²) in [5.41, 5.74) is 0.450. The molecule has 2 amide bonds. The maximum absolute atomic E-state index is 12.1. The van der Waals surface area contributed by atoms with Gasteiger partial charge in [0.15, 0.2) is 0 Å². The van der Waals surface area contributed by atoms with Crippen LogP contribution in [0.2, 0.25) is 10.0 Å².